The number of aliphatic hydroxyl groups is 1. The molecule has 1 fully saturated rings. The number of carbonyl (C=O) groups excluding carboxylic acids is 1. The molecular formula is C26H36N2O4. The van der Waals surface area contributed by atoms with Crippen molar-refractivity contribution in [1.29, 1.82) is 0 Å². The molecule has 0 radical (unpaired) electrons. The van der Waals surface area contributed by atoms with Crippen LogP contribution in [0.25, 0.3) is 0 Å². The first-order chi connectivity index (χ1) is 15.3. The number of esters is 1. The lowest BCUT2D eigenvalue weighted by Crippen LogP contribution is -2.45. The zero-order valence-corrected chi connectivity index (χ0v) is 19.7. The van der Waals surface area contributed by atoms with Crippen LogP contribution in [0.15, 0.2) is 48.5 Å². The van der Waals surface area contributed by atoms with Gasteiger partial charge in [0.1, 0.15) is 5.75 Å². The predicted octanol–water partition coefficient (Wildman–Crippen LogP) is 4.11. The molecule has 2 aromatic carbocycles. The first-order valence-electron chi connectivity index (χ1n) is 11.4. The van der Waals surface area contributed by atoms with Crippen LogP contribution in [0.3, 0.4) is 0 Å². The number of nitrogens with zero attached hydrogens (tertiary/aromatic N) is 2. The van der Waals surface area contributed by atoms with Crippen molar-refractivity contribution < 1.29 is 19.4 Å². The van der Waals surface area contributed by atoms with Crippen LogP contribution >= 0.6 is 0 Å². The summed E-state index contributed by atoms with van der Waals surface area (Å²) in [5, 5.41) is 11.1. The van der Waals surface area contributed by atoms with E-state index in [0.29, 0.717) is 5.56 Å². The summed E-state index contributed by atoms with van der Waals surface area (Å²) in [5.74, 6) is 0.562. The van der Waals surface area contributed by atoms with Gasteiger partial charge in [0.05, 0.1) is 24.4 Å². The van der Waals surface area contributed by atoms with Gasteiger partial charge in [-0.25, -0.2) is 4.79 Å². The van der Waals surface area contributed by atoms with Gasteiger partial charge in [0, 0.05) is 38.9 Å². The largest absolute Gasteiger partial charge is 0.491 e. The maximum absolute atomic E-state index is 11.6. The third-order valence-corrected chi connectivity index (χ3v) is 6.13. The molecule has 2 aromatic rings. The molecule has 0 atom stereocenters. The van der Waals surface area contributed by atoms with E-state index >= 15 is 0 Å². The van der Waals surface area contributed by atoms with Crippen LogP contribution in [0, 0.1) is 0 Å². The Balaban J connectivity index is 1.44. The van der Waals surface area contributed by atoms with Crippen LogP contribution < -0.4 is 9.64 Å². The molecule has 0 saturated carbocycles. The summed E-state index contributed by atoms with van der Waals surface area (Å²) in [5.41, 5.74) is 2.22. The average Bonchev–Trinajstić information content (AvgIpc) is 2.79. The summed E-state index contributed by atoms with van der Waals surface area (Å²) in [7, 11) is 3.45. The van der Waals surface area contributed by atoms with E-state index in [4.69, 9.17) is 9.47 Å². The quantitative estimate of drug-likeness (QED) is 0.592. The second kappa shape index (κ2) is 10.8. The summed E-state index contributed by atoms with van der Waals surface area (Å²) in [6.45, 7) is 7.39. The molecule has 6 heteroatoms. The molecule has 0 aromatic heterocycles. The van der Waals surface area contributed by atoms with E-state index in [1.165, 1.54) is 7.11 Å². The molecule has 1 N–H and O–H groups in total. The van der Waals surface area contributed by atoms with Crippen molar-refractivity contribution >= 4 is 11.7 Å². The molecule has 6 nitrogen and oxygen atoms in total. The van der Waals surface area contributed by atoms with Gasteiger partial charge in [0.2, 0.25) is 0 Å². The number of benzene rings is 2. The van der Waals surface area contributed by atoms with Gasteiger partial charge in [0.15, 0.2) is 0 Å². The number of piperidine rings is 1. The molecule has 0 amide bonds. The second-order valence-electron chi connectivity index (χ2n) is 9.02. The molecule has 1 aliphatic heterocycles. The van der Waals surface area contributed by atoms with Crippen LogP contribution in [0.4, 0.5) is 5.69 Å². The molecule has 0 spiro atoms. The molecule has 1 heterocycles. The Morgan fingerprint density at radius 2 is 1.72 bits per heavy atom. The fourth-order valence-corrected chi connectivity index (χ4v) is 4.06. The smallest absolute Gasteiger partial charge is 0.337 e. The maximum atomic E-state index is 11.6. The van der Waals surface area contributed by atoms with Gasteiger partial charge >= 0.3 is 5.97 Å². The Morgan fingerprint density at radius 1 is 1.09 bits per heavy atom. The minimum absolute atomic E-state index is 0.165. The predicted molar refractivity (Wildman–Crippen MR) is 127 cm³/mol. The molecule has 174 valence electrons. The first-order valence-corrected chi connectivity index (χ1v) is 11.4. The van der Waals surface area contributed by atoms with Gasteiger partial charge in [-0.3, -0.25) is 4.90 Å². The van der Waals surface area contributed by atoms with E-state index in [2.05, 4.69) is 29.0 Å². The second-order valence-corrected chi connectivity index (χ2v) is 9.02. The number of rotatable bonds is 9. The highest BCUT2D eigenvalue weighted by Gasteiger charge is 2.32. The van der Waals surface area contributed by atoms with Crippen molar-refractivity contribution in [2.45, 2.75) is 51.4 Å². The molecule has 0 bridgehead atoms. The number of hydrogen-bond donors (Lipinski definition) is 1. The Morgan fingerprint density at radius 3 is 2.28 bits per heavy atom. The Labute approximate surface area is 191 Å². The molecule has 0 unspecified atom stereocenters. The highest BCUT2D eigenvalue weighted by molar-refractivity contribution is 5.89. The Bertz CT molecular complexity index is 856. The van der Waals surface area contributed by atoms with Gasteiger partial charge in [-0.15, -0.1) is 0 Å². The topological polar surface area (TPSA) is 62.2 Å². The lowest BCUT2D eigenvalue weighted by Gasteiger charge is -2.39. The summed E-state index contributed by atoms with van der Waals surface area (Å²) in [4.78, 5) is 16.1. The zero-order chi connectivity index (χ0) is 23.1. The van der Waals surface area contributed by atoms with Gasteiger partial charge < -0.3 is 19.5 Å². The van der Waals surface area contributed by atoms with Crippen LogP contribution in [0.5, 0.6) is 5.75 Å². The number of ether oxygens (including phenoxy) is 2. The van der Waals surface area contributed by atoms with E-state index in [-0.39, 0.29) is 12.1 Å². The standard InChI is InChI=1S/C26H36N2O4/c1-20(2)32-24-11-9-23(10-12-24)27(3)16-13-26(30)14-17-28(18-15-26)19-21-5-7-22(8-6-21)25(29)31-4/h5-12,20,30H,13-19H2,1-4H3. The van der Waals surface area contributed by atoms with E-state index in [1.807, 2.05) is 38.1 Å². The minimum atomic E-state index is -0.625. The van der Waals surface area contributed by atoms with Crippen LogP contribution in [-0.4, -0.2) is 61.5 Å². The van der Waals surface area contributed by atoms with Crippen molar-refractivity contribution in [3.05, 3.63) is 59.7 Å². The van der Waals surface area contributed by atoms with Crippen molar-refractivity contribution in [3.63, 3.8) is 0 Å². The maximum Gasteiger partial charge on any atom is 0.337 e. The monoisotopic (exact) mass is 440 g/mol. The average molecular weight is 441 g/mol. The van der Waals surface area contributed by atoms with Gasteiger partial charge in [0.25, 0.3) is 0 Å². The molecule has 3 rings (SSSR count). The van der Waals surface area contributed by atoms with Crippen molar-refractivity contribution in [2.24, 2.45) is 0 Å². The summed E-state index contributed by atoms with van der Waals surface area (Å²) in [6.07, 6.45) is 2.44. The number of anilines is 1. The van der Waals surface area contributed by atoms with E-state index in [0.717, 1.165) is 62.4 Å². The fourth-order valence-electron chi connectivity index (χ4n) is 4.06. The van der Waals surface area contributed by atoms with Gasteiger partial charge in [-0.2, -0.15) is 0 Å². The van der Waals surface area contributed by atoms with E-state index < -0.39 is 5.60 Å². The zero-order valence-electron chi connectivity index (χ0n) is 19.7. The minimum Gasteiger partial charge on any atom is -0.491 e. The summed E-state index contributed by atoms with van der Waals surface area (Å²) >= 11 is 0. The van der Waals surface area contributed by atoms with Gasteiger partial charge in [-0.05, 0) is 75.1 Å². The van der Waals surface area contributed by atoms with E-state index in [1.54, 1.807) is 12.1 Å². The normalized spacial score (nSPS) is 16.1. The summed E-state index contributed by atoms with van der Waals surface area (Å²) in [6, 6.07) is 15.7. The van der Waals surface area contributed by atoms with Gasteiger partial charge in [-0.1, -0.05) is 12.1 Å². The fraction of sp³-hybridized carbons (Fsp3) is 0.500. The lowest BCUT2D eigenvalue weighted by atomic mass is 9.88. The highest BCUT2D eigenvalue weighted by Crippen LogP contribution is 2.28. The molecule has 1 saturated heterocycles. The SMILES string of the molecule is COC(=O)c1ccc(CN2CCC(O)(CCN(C)c3ccc(OC(C)C)cc3)CC2)cc1. The number of likely N-dealkylation sites (tertiary alicyclic amines) is 1. The molecular weight excluding hydrogens is 404 g/mol. The third-order valence-electron chi connectivity index (χ3n) is 6.13. The molecule has 32 heavy (non-hydrogen) atoms. The molecule has 1 aliphatic rings. The van der Waals surface area contributed by atoms with Crippen molar-refractivity contribution in [1.82, 2.24) is 4.90 Å². The Kier molecular flexibility index (Phi) is 8.15. The van der Waals surface area contributed by atoms with Crippen LogP contribution in [0.2, 0.25) is 0 Å². The van der Waals surface area contributed by atoms with Crippen LogP contribution in [0.1, 0.15) is 49.0 Å². The number of methoxy groups -OCH3 is 1. The highest BCUT2D eigenvalue weighted by atomic mass is 16.5. The van der Waals surface area contributed by atoms with Crippen molar-refractivity contribution in [3.8, 4) is 5.75 Å². The van der Waals surface area contributed by atoms with E-state index in [9.17, 15) is 9.90 Å². The third kappa shape index (κ3) is 6.71. The number of hydrogen-bond acceptors (Lipinski definition) is 6. The lowest BCUT2D eigenvalue weighted by molar-refractivity contribution is -0.0275. The Hall–Kier alpha value is -2.57. The number of carbonyl (C=O) groups is 1. The van der Waals surface area contributed by atoms with Crippen LogP contribution in [-0.2, 0) is 11.3 Å². The summed E-state index contributed by atoms with van der Waals surface area (Å²) < 4.78 is 10.5. The van der Waals surface area contributed by atoms with Crippen molar-refractivity contribution in [2.75, 3.05) is 38.7 Å². The molecule has 0 aliphatic carbocycles. The first kappa shape index (κ1) is 24.1.